The second kappa shape index (κ2) is 10.2. The quantitative estimate of drug-likeness (QED) is 0.142. The van der Waals surface area contributed by atoms with Gasteiger partial charge in [0, 0.05) is 19.5 Å². The summed E-state index contributed by atoms with van der Waals surface area (Å²) >= 11 is 0. The van der Waals surface area contributed by atoms with Crippen LogP contribution in [0, 0.1) is 10.8 Å². The molecule has 0 aliphatic rings. The topological polar surface area (TPSA) is 152 Å². The van der Waals surface area contributed by atoms with Gasteiger partial charge in [0.2, 0.25) is 0 Å². The van der Waals surface area contributed by atoms with Crippen LogP contribution in [-0.2, 0) is 19.5 Å². The van der Waals surface area contributed by atoms with Crippen LogP contribution in [0.4, 0.5) is 0 Å². The number of hydrogen-bond acceptors (Lipinski definition) is 2. The van der Waals surface area contributed by atoms with Crippen molar-refractivity contribution in [2.75, 3.05) is 0 Å². The van der Waals surface area contributed by atoms with E-state index < -0.39 is 0 Å². The van der Waals surface area contributed by atoms with Gasteiger partial charge < -0.3 is 22.9 Å². The number of rotatable bonds is 0. The van der Waals surface area contributed by atoms with Gasteiger partial charge in [-0.25, -0.2) is 0 Å². The van der Waals surface area contributed by atoms with Crippen LogP contribution in [0.3, 0.4) is 0 Å². The standard InChI is InChI=1S/2CH5N3.Zn/c2*2-1(3)4;/h2*(H5,2,3,4);. The zero-order chi connectivity index (χ0) is 7.15. The first-order chi connectivity index (χ1) is 3.46. The maximum absolute atomic E-state index is 6.06. The predicted molar refractivity (Wildman–Crippen MR) is 32.2 cm³/mol. The summed E-state index contributed by atoms with van der Waals surface area (Å²) in [5.41, 5.74) is 17.9. The number of nitrogens with one attached hydrogen (secondary N) is 2. The van der Waals surface area contributed by atoms with Gasteiger partial charge in [-0.3, -0.25) is 10.8 Å². The van der Waals surface area contributed by atoms with E-state index in [9.17, 15) is 0 Å². The van der Waals surface area contributed by atoms with Crippen molar-refractivity contribution in [1.29, 1.82) is 10.8 Å². The van der Waals surface area contributed by atoms with E-state index in [1.807, 2.05) is 0 Å². The largest absolute Gasteiger partial charge is 0.370 e. The van der Waals surface area contributed by atoms with Gasteiger partial charge in [-0.2, -0.15) is 0 Å². The zero-order valence-electron chi connectivity index (χ0n) is 5.02. The van der Waals surface area contributed by atoms with Crippen LogP contribution in [0.15, 0.2) is 0 Å². The van der Waals surface area contributed by atoms with Gasteiger partial charge in [0.25, 0.3) is 0 Å². The molecule has 0 rings (SSSR count). The summed E-state index contributed by atoms with van der Waals surface area (Å²) in [6.07, 6.45) is 0. The summed E-state index contributed by atoms with van der Waals surface area (Å²) in [5, 5.41) is 12.1. The van der Waals surface area contributed by atoms with Crippen molar-refractivity contribution < 1.29 is 19.5 Å². The van der Waals surface area contributed by atoms with Gasteiger partial charge in [0.1, 0.15) is 0 Å². The van der Waals surface area contributed by atoms with Crippen molar-refractivity contribution in [3.63, 3.8) is 0 Å². The first kappa shape index (κ1) is 15.7. The molecule has 0 aromatic rings. The number of guanidine groups is 2. The van der Waals surface area contributed by atoms with Crippen LogP contribution in [0.5, 0.6) is 0 Å². The Bertz CT molecular complexity index is 69.1. The van der Waals surface area contributed by atoms with E-state index in [-0.39, 0.29) is 31.4 Å². The summed E-state index contributed by atoms with van der Waals surface area (Å²) in [5.74, 6) is -0.667. The fraction of sp³-hybridized carbons (Fsp3) is 0. The van der Waals surface area contributed by atoms with Crippen LogP contribution >= 0.6 is 0 Å². The summed E-state index contributed by atoms with van der Waals surface area (Å²) in [7, 11) is 0. The SMILES string of the molecule is N=C(N)N.N=C(N)N.[Zn]. The third-order valence-corrected chi connectivity index (χ3v) is 0. The van der Waals surface area contributed by atoms with Crippen LogP contribution < -0.4 is 22.9 Å². The molecule has 0 aromatic carbocycles. The molecule has 0 heterocycles. The van der Waals surface area contributed by atoms with Gasteiger partial charge in [-0.05, 0) is 0 Å². The van der Waals surface area contributed by atoms with E-state index >= 15 is 0 Å². The van der Waals surface area contributed by atoms with Crippen molar-refractivity contribution in [3.05, 3.63) is 0 Å². The van der Waals surface area contributed by atoms with E-state index in [1.165, 1.54) is 0 Å². The molecule has 0 spiro atoms. The Labute approximate surface area is 65.7 Å². The van der Waals surface area contributed by atoms with E-state index in [2.05, 4.69) is 22.9 Å². The first-order valence-electron chi connectivity index (χ1n) is 1.65. The van der Waals surface area contributed by atoms with Gasteiger partial charge in [-0.15, -0.1) is 0 Å². The Hall–Kier alpha value is -0.837. The Morgan fingerprint density at radius 2 is 0.778 bits per heavy atom. The smallest absolute Gasteiger partial charge is 0.183 e. The minimum Gasteiger partial charge on any atom is -0.370 e. The Morgan fingerprint density at radius 1 is 0.778 bits per heavy atom. The molecule has 0 aromatic heterocycles. The molecular formula is C2H10N6Zn. The fourth-order valence-electron chi connectivity index (χ4n) is 0. The second-order valence-electron chi connectivity index (χ2n) is 0.911. The van der Waals surface area contributed by atoms with Gasteiger partial charge >= 0.3 is 0 Å². The molecule has 0 bridgehead atoms. The fourth-order valence-corrected chi connectivity index (χ4v) is 0. The Balaban J connectivity index is -0.0000000720. The molecule has 7 heteroatoms. The number of hydrogen-bond donors (Lipinski definition) is 6. The van der Waals surface area contributed by atoms with Crippen molar-refractivity contribution in [2.45, 2.75) is 0 Å². The summed E-state index contributed by atoms with van der Waals surface area (Å²) in [6.45, 7) is 0. The van der Waals surface area contributed by atoms with E-state index in [1.54, 1.807) is 0 Å². The molecule has 9 heavy (non-hydrogen) atoms. The molecule has 0 aliphatic carbocycles. The Morgan fingerprint density at radius 3 is 0.778 bits per heavy atom. The maximum atomic E-state index is 6.06. The van der Waals surface area contributed by atoms with Crippen molar-refractivity contribution in [3.8, 4) is 0 Å². The van der Waals surface area contributed by atoms with Crippen LogP contribution in [0.2, 0.25) is 0 Å². The summed E-state index contributed by atoms with van der Waals surface area (Å²) in [4.78, 5) is 0. The summed E-state index contributed by atoms with van der Waals surface area (Å²) in [6, 6.07) is 0. The third kappa shape index (κ3) is 273. The molecule has 50 valence electrons. The molecular weight excluding hydrogens is 173 g/mol. The molecule has 0 aliphatic heterocycles. The molecule has 0 amide bonds. The third-order valence-electron chi connectivity index (χ3n) is 0. The molecule has 0 atom stereocenters. The molecule has 0 saturated carbocycles. The molecule has 0 radical (unpaired) electrons. The maximum Gasteiger partial charge on any atom is 0.183 e. The average Bonchev–Trinajstić information content (AvgIpc) is 1.25. The predicted octanol–water partition coefficient (Wildman–Crippen LogP) is -2.33. The van der Waals surface area contributed by atoms with Gasteiger partial charge in [0.15, 0.2) is 11.9 Å². The Kier molecular flexibility index (Phi) is 17.8. The minimum absolute atomic E-state index is 0. The van der Waals surface area contributed by atoms with Crippen LogP contribution in [0.1, 0.15) is 0 Å². The monoisotopic (exact) mass is 182 g/mol. The van der Waals surface area contributed by atoms with E-state index in [0.717, 1.165) is 0 Å². The molecule has 0 unspecified atom stereocenters. The van der Waals surface area contributed by atoms with Crippen molar-refractivity contribution >= 4 is 11.9 Å². The first-order valence-corrected chi connectivity index (χ1v) is 1.65. The van der Waals surface area contributed by atoms with Crippen molar-refractivity contribution in [2.24, 2.45) is 22.9 Å². The van der Waals surface area contributed by atoms with Gasteiger partial charge in [-0.1, -0.05) is 0 Å². The second-order valence-corrected chi connectivity index (χ2v) is 0.911. The van der Waals surface area contributed by atoms with Crippen LogP contribution in [0.25, 0.3) is 0 Å². The summed E-state index contributed by atoms with van der Waals surface area (Å²) < 4.78 is 0. The van der Waals surface area contributed by atoms with Crippen molar-refractivity contribution in [1.82, 2.24) is 0 Å². The molecule has 6 nitrogen and oxygen atoms in total. The average molecular weight is 184 g/mol. The minimum atomic E-state index is -0.333. The van der Waals surface area contributed by atoms with E-state index in [0.29, 0.717) is 0 Å². The molecule has 10 N–H and O–H groups in total. The van der Waals surface area contributed by atoms with Crippen LogP contribution in [-0.4, -0.2) is 11.9 Å². The zero-order valence-corrected chi connectivity index (χ0v) is 7.98. The molecule has 0 saturated heterocycles. The normalized spacial score (nSPS) is 5.33. The van der Waals surface area contributed by atoms with Gasteiger partial charge in [0.05, 0.1) is 0 Å². The molecule has 0 fully saturated rings. The number of nitrogens with two attached hydrogens (primary N) is 4. The van der Waals surface area contributed by atoms with E-state index in [4.69, 9.17) is 10.8 Å².